The molecule has 1 aromatic carbocycles. The number of nitrogens with two attached hydrogens (primary N) is 1. The Morgan fingerprint density at radius 2 is 1.82 bits per heavy atom. The molecule has 0 saturated carbocycles. The molecule has 2 heterocycles. The van der Waals surface area contributed by atoms with Gasteiger partial charge < -0.3 is 21.1 Å². The van der Waals surface area contributed by atoms with Gasteiger partial charge >= 0.3 is 5.97 Å². The normalized spacial score (nSPS) is 13.9. The Morgan fingerprint density at radius 1 is 1.14 bits per heavy atom. The van der Waals surface area contributed by atoms with Gasteiger partial charge in [0.2, 0.25) is 0 Å². The van der Waals surface area contributed by atoms with Crippen LogP contribution in [0.4, 0.5) is 0 Å². The number of aliphatic carboxylic acids is 1. The predicted molar refractivity (Wildman–Crippen MR) is 88.2 cm³/mol. The summed E-state index contributed by atoms with van der Waals surface area (Å²) in [6, 6.07) is 6.91. The molecule has 22 heavy (non-hydrogen) atoms. The minimum atomic E-state index is -0.972. The van der Waals surface area contributed by atoms with Crippen LogP contribution in [0.1, 0.15) is 5.56 Å². The van der Waals surface area contributed by atoms with Gasteiger partial charge in [0.25, 0.3) is 0 Å². The zero-order valence-electron chi connectivity index (χ0n) is 12.1. The smallest absolute Gasteiger partial charge is 0.320 e. The summed E-state index contributed by atoms with van der Waals surface area (Å²) in [4.78, 5) is 13.7. The van der Waals surface area contributed by atoms with Crippen molar-refractivity contribution >= 4 is 16.9 Å². The molecule has 1 aliphatic heterocycles. The lowest BCUT2D eigenvalue weighted by Crippen LogP contribution is -2.32. The van der Waals surface area contributed by atoms with Crippen molar-refractivity contribution in [3.8, 4) is 0 Å². The number of rotatable bonds is 3. The van der Waals surface area contributed by atoms with Gasteiger partial charge in [0, 0.05) is 35.9 Å². The highest BCUT2D eigenvalue weighted by molar-refractivity contribution is 5.84. The number of allylic oxidation sites excluding steroid dienone is 4. The summed E-state index contributed by atoms with van der Waals surface area (Å²) >= 11 is 0. The van der Waals surface area contributed by atoms with Gasteiger partial charge in [-0.25, -0.2) is 0 Å². The largest absolute Gasteiger partial charge is 0.480 e. The molecule has 1 unspecified atom stereocenters. The molecule has 5 nitrogen and oxygen atoms in total. The lowest BCUT2D eigenvalue weighted by atomic mass is 10.1. The van der Waals surface area contributed by atoms with Crippen LogP contribution in [0.15, 0.2) is 67.2 Å². The topological polar surface area (TPSA) is 91.1 Å². The van der Waals surface area contributed by atoms with E-state index in [9.17, 15) is 4.79 Å². The van der Waals surface area contributed by atoms with Crippen LogP contribution in [0, 0.1) is 0 Å². The molecular formula is C17H19N3O2. The summed E-state index contributed by atoms with van der Waals surface area (Å²) in [5, 5.41) is 12.7. The SMILES string of the molecule is C1=CC=CNC=C1.NC(Cc1c[nH]c2ccccc12)C(=O)O. The van der Waals surface area contributed by atoms with E-state index in [1.54, 1.807) is 0 Å². The van der Waals surface area contributed by atoms with Crippen LogP contribution in [-0.2, 0) is 11.2 Å². The first-order valence-electron chi connectivity index (χ1n) is 6.96. The molecular weight excluding hydrogens is 278 g/mol. The third-order valence-corrected chi connectivity index (χ3v) is 3.15. The number of hydrogen-bond donors (Lipinski definition) is 4. The summed E-state index contributed by atoms with van der Waals surface area (Å²) in [5.74, 6) is -0.972. The molecule has 0 radical (unpaired) electrons. The standard InChI is InChI=1S/C11H12N2O2.C6H7N/c12-9(11(14)15)5-7-6-13-10-4-2-1-3-8(7)10;1-2-4-6-7-5-3-1/h1-4,6,9,13H,5,12H2,(H,14,15);1-7H. The Hall–Kier alpha value is -2.79. The Morgan fingerprint density at radius 3 is 2.50 bits per heavy atom. The number of benzene rings is 1. The number of carboxylic acids is 1. The van der Waals surface area contributed by atoms with Gasteiger partial charge in [-0.15, -0.1) is 0 Å². The van der Waals surface area contributed by atoms with Crippen molar-refractivity contribution in [2.45, 2.75) is 12.5 Å². The van der Waals surface area contributed by atoms with Crippen molar-refractivity contribution in [3.63, 3.8) is 0 Å². The van der Waals surface area contributed by atoms with Crippen LogP contribution in [0.3, 0.4) is 0 Å². The zero-order valence-corrected chi connectivity index (χ0v) is 12.1. The number of carboxylic acid groups (broad SMARTS) is 1. The predicted octanol–water partition coefficient (Wildman–Crippen LogP) is 2.30. The van der Waals surface area contributed by atoms with Gasteiger partial charge in [0.1, 0.15) is 6.04 Å². The van der Waals surface area contributed by atoms with Crippen LogP contribution in [0.2, 0.25) is 0 Å². The fourth-order valence-corrected chi connectivity index (χ4v) is 2.03. The van der Waals surface area contributed by atoms with E-state index < -0.39 is 12.0 Å². The molecule has 1 aliphatic rings. The molecule has 0 amide bonds. The maximum atomic E-state index is 10.6. The van der Waals surface area contributed by atoms with E-state index >= 15 is 0 Å². The number of hydrogen-bond acceptors (Lipinski definition) is 3. The molecule has 0 saturated heterocycles. The highest BCUT2D eigenvalue weighted by atomic mass is 16.4. The molecule has 0 aliphatic carbocycles. The van der Waals surface area contributed by atoms with Gasteiger partial charge in [-0.05, 0) is 23.8 Å². The highest BCUT2D eigenvalue weighted by Crippen LogP contribution is 2.18. The fourth-order valence-electron chi connectivity index (χ4n) is 2.03. The summed E-state index contributed by atoms with van der Waals surface area (Å²) in [5.41, 5.74) is 7.43. The Bertz CT molecular complexity index is 700. The van der Waals surface area contributed by atoms with Crippen LogP contribution in [0.25, 0.3) is 10.9 Å². The summed E-state index contributed by atoms with van der Waals surface area (Å²) in [6.45, 7) is 0. The van der Waals surface area contributed by atoms with Crippen molar-refractivity contribution in [1.29, 1.82) is 0 Å². The molecule has 0 fully saturated rings. The number of carbonyl (C=O) groups is 1. The maximum absolute atomic E-state index is 10.6. The summed E-state index contributed by atoms with van der Waals surface area (Å²) < 4.78 is 0. The molecule has 0 spiro atoms. The van der Waals surface area contributed by atoms with E-state index in [1.165, 1.54) is 0 Å². The van der Waals surface area contributed by atoms with Crippen molar-refractivity contribution in [3.05, 3.63) is 72.7 Å². The number of nitrogens with one attached hydrogen (secondary N) is 2. The second kappa shape index (κ2) is 7.85. The van der Waals surface area contributed by atoms with E-state index in [-0.39, 0.29) is 0 Å². The van der Waals surface area contributed by atoms with Crippen LogP contribution in [-0.4, -0.2) is 22.1 Å². The molecule has 1 aromatic heterocycles. The Labute approximate surface area is 128 Å². The number of aromatic amines is 1. The molecule has 2 aromatic rings. The van der Waals surface area contributed by atoms with Crippen molar-refractivity contribution in [2.75, 3.05) is 0 Å². The Kier molecular flexibility index (Phi) is 5.57. The molecule has 5 N–H and O–H groups in total. The lowest BCUT2D eigenvalue weighted by molar-refractivity contribution is -0.138. The number of fused-ring (bicyclic) bond motifs is 1. The van der Waals surface area contributed by atoms with Gasteiger partial charge in [0.05, 0.1) is 0 Å². The minimum Gasteiger partial charge on any atom is -0.480 e. The fraction of sp³-hybridized carbons (Fsp3) is 0.118. The molecule has 3 rings (SSSR count). The molecule has 0 bridgehead atoms. The monoisotopic (exact) mass is 297 g/mol. The summed E-state index contributed by atoms with van der Waals surface area (Å²) in [6.07, 6.45) is 13.7. The van der Waals surface area contributed by atoms with E-state index in [0.717, 1.165) is 16.5 Å². The van der Waals surface area contributed by atoms with Crippen LogP contribution >= 0.6 is 0 Å². The number of H-pyrrole nitrogens is 1. The van der Waals surface area contributed by atoms with E-state index in [1.807, 2.05) is 67.2 Å². The third-order valence-electron chi connectivity index (χ3n) is 3.15. The zero-order chi connectivity index (χ0) is 15.8. The highest BCUT2D eigenvalue weighted by Gasteiger charge is 2.14. The molecule has 1 atom stereocenters. The third kappa shape index (κ3) is 4.36. The maximum Gasteiger partial charge on any atom is 0.320 e. The van der Waals surface area contributed by atoms with Crippen molar-refractivity contribution in [1.82, 2.24) is 10.3 Å². The van der Waals surface area contributed by atoms with E-state index in [4.69, 9.17) is 10.8 Å². The van der Waals surface area contributed by atoms with Crippen LogP contribution in [0.5, 0.6) is 0 Å². The first kappa shape index (κ1) is 15.6. The summed E-state index contributed by atoms with van der Waals surface area (Å²) in [7, 11) is 0. The first-order chi connectivity index (χ1) is 10.7. The van der Waals surface area contributed by atoms with E-state index in [2.05, 4.69) is 10.3 Å². The second-order valence-electron chi connectivity index (χ2n) is 4.78. The average Bonchev–Trinajstić information content (AvgIpc) is 2.74. The van der Waals surface area contributed by atoms with Crippen LogP contribution < -0.4 is 11.1 Å². The van der Waals surface area contributed by atoms with Crippen molar-refractivity contribution in [2.24, 2.45) is 5.73 Å². The Balaban J connectivity index is 0.000000211. The lowest BCUT2D eigenvalue weighted by Gasteiger charge is -2.04. The quantitative estimate of drug-likeness (QED) is 0.699. The first-order valence-corrected chi connectivity index (χ1v) is 6.96. The molecule has 5 heteroatoms. The number of para-hydroxylation sites is 1. The van der Waals surface area contributed by atoms with Gasteiger partial charge in [-0.2, -0.15) is 0 Å². The number of aromatic nitrogens is 1. The average molecular weight is 297 g/mol. The van der Waals surface area contributed by atoms with Gasteiger partial charge in [-0.3, -0.25) is 4.79 Å². The minimum absolute atomic E-state index is 0.347. The van der Waals surface area contributed by atoms with Crippen molar-refractivity contribution < 1.29 is 9.90 Å². The van der Waals surface area contributed by atoms with Gasteiger partial charge in [0.15, 0.2) is 0 Å². The molecule has 114 valence electrons. The van der Waals surface area contributed by atoms with Gasteiger partial charge in [-0.1, -0.05) is 30.4 Å². The second-order valence-corrected chi connectivity index (χ2v) is 4.78. The van der Waals surface area contributed by atoms with E-state index in [0.29, 0.717) is 6.42 Å².